The average molecular weight is 380 g/mol. The predicted octanol–water partition coefficient (Wildman–Crippen LogP) is 3.16. The molecule has 27 heavy (non-hydrogen) atoms. The Morgan fingerprint density at radius 3 is 2.56 bits per heavy atom. The van der Waals surface area contributed by atoms with Crippen molar-refractivity contribution >= 4 is 16.9 Å². The molecule has 0 aliphatic heterocycles. The lowest BCUT2D eigenvalue weighted by molar-refractivity contribution is -0.172. The van der Waals surface area contributed by atoms with E-state index in [0.29, 0.717) is 10.9 Å². The summed E-state index contributed by atoms with van der Waals surface area (Å²) in [5, 5.41) is 0.396. The number of aryl methyl sites for hydroxylation is 1. The first-order valence-electron chi connectivity index (χ1n) is 11.1. The number of benzene rings is 1. The number of aromatic amines is 1. The Morgan fingerprint density at radius 2 is 1.96 bits per heavy atom. The molecule has 1 unspecified atom stereocenters. The van der Waals surface area contributed by atoms with Crippen LogP contribution in [0.25, 0.3) is 10.9 Å². The molecule has 1 aromatic carbocycles. The molecule has 0 amide bonds. The number of likely N-dealkylation sites (N-methyl/N-ethyl adjacent to an activating group) is 1. The zero-order chi connectivity index (χ0) is 23.7. The number of nitrogens with one attached hydrogen (secondary N) is 1. The number of fused-ring (bicyclic) bond motifs is 1. The number of carbonyl (C=O) groups is 1. The van der Waals surface area contributed by atoms with E-state index in [1.807, 2.05) is 27.7 Å². The predicted molar refractivity (Wildman–Crippen MR) is 109 cm³/mol. The van der Waals surface area contributed by atoms with Crippen molar-refractivity contribution in [1.29, 1.82) is 0 Å². The van der Waals surface area contributed by atoms with Gasteiger partial charge in [0.1, 0.15) is 11.8 Å². The molecule has 0 spiro atoms. The molecule has 0 bridgehead atoms. The van der Waals surface area contributed by atoms with Crippen molar-refractivity contribution in [3.63, 3.8) is 0 Å². The monoisotopic (exact) mass is 379 g/mol. The molecule has 1 heterocycles. The molecule has 2 aromatic rings. The van der Waals surface area contributed by atoms with E-state index in [9.17, 15) is 4.79 Å². The SMILES string of the molecule is [2H]C([2H])(c1c[nH]c2cccc(OC(OC(=O)[C@@H](N)C(C)C)C(C)C)c12)C([2H])([2H])N(C)C. The summed E-state index contributed by atoms with van der Waals surface area (Å²) in [6, 6.07) is 4.34. The van der Waals surface area contributed by atoms with Crippen molar-refractivity contribution in [3.05, 3.63) is 30.0 Å². The fourth-order valence-electron chi connectivity index (χ4n) is 2.41. The van der Waals surface area contributed by atoms with Gasteiger partial charge in [-0.05, 0) is 44.1 Å². The molecule has 2 rings (SSSR count). The van der Waals surface area contributed by atoms with E-state index in [-0.39, 0.29) is 23.1 Å². The smallest absolute Gasteiger partial charge is 0.326 e. The van der Waals surface area contributed by atoms with Crippen LogP contribution in [0.15, 0.2) is 24.4 Å². The molecule has 0 fully saturated rings. The maximum atomic E-state index is 12.4. The maximum Gasteiger partial charge on any atom is 0.326 e. The maximum absolute atomic E-state index is 12.4. The molecule has 1 aromatic heterocycles. The first-order valence-corrected chi connectivity index (χ1v) is 9.12. The van der Waals surface area contributed by atoms with Gasteiger partial charge in [-0.25, -0.2) is 0 Å². The molecule has 0 aliphatic carbocycles. The van der Waals surface area contributed by atoms with Crippen molar-refractivity contribution in [1.82, 2.24) is 9.88 Å². The summed E-state index contributed by atoms with van der Waals surface area (Å²) < 4.78 is 45.2. The molecule has 2 atom stereocenters. The highest BCUT2D eigenvalue weighted by Crippen LogP contribution is 2.31. The summed E-state index contributed by atoms with van der Waals surface area (Å²) in [5.74, 6) is -0.585. The highest BCUT2D eigenvalue weighted by atomic mass is 16.7. The van der Waals surface area contributed by atoms with E-state index >= 15 is 0 Å². The largest absolute Gasteiger partial charge is 0.454 e. The molecule has 0 saturated carbocycles. The third-order valence-corrected chi connectivity index (χ3v) is 4.09. The van der Waals surface area contributed by atoms with Crippen LogP contribution in [0.5, 0.6) is 5.75 Å². The van der Waals surface area contributed by atoms with E-state index in [4.69, 9.17) is 20.7 Å². The third-order valence-electron chi connectivity index (χ3n) is 4.09. The van der Waals surface area contributed by atoms with Gasteiger partial charge in [0.25, 0.3) is 0 Å². The highest BCUT2D eigenvalue weighted by Gasteiger charge is 2.26. The quantitative estimate of drug-likeness (QED) is 0.517. The molecule has 0 aliphatic rings. The average Bonchev–Trinajstić information content (AvgIpc) is 3.12. The third kappa shape index (κ3) is 5.47. The van der Waals surface area contributed by atoms with Crippen molar-refractivity contribution in [3.8, 4) is 5.75 Å². The molecule has 0 saturated heterocycles. The van der Waals surface area contributed by atoms with E-state index in [2.05, 4.69) is 4.98 Å². The van der Waals surface area contributed by atoms with Gasteiger partial charge in [0.2, 0.25) is 6.29 Å². The minimum Gasteiger partial charge on any atom is -0.454 e. The van der Waals surface area contributed by atoms with Crippen LogP contribution in [0.4, 0.5) is 0 Å². The topological polar surface area (TPSA) is 80.6 Å². The number of rotatable bonds is 9. The van der Waals surface area contributed by atoms with Crippen LogP contribution >= 0.6 is 0 Å². The fourth-order valence-corrected chi connectivity index (χ4v) is 2.41. The number of aromatic nitrogens is 1. The van der Waals surface area contributed by atoms with Crippen LogP contribution in [-0.4, -0.2) is 48.8 Å². The lowest BCUT2D eigenvalue weighted by atomic mass is 10.1. The number of nitrogens with two attached hydrogens (primary N) is 1. The number of ether oxygens (including phenoxy) is 2. The molecule has 0 radical (unpaired) electrons. The van der Waals surface area contributed by atoms with Crippen molar-refractivity contribution in [2.24, 2.45) is 17.6 Å². The van der Waals surface area contributed by atoms with Crippen LogP contribution in [0.1, 0.15) is 38.7 Å². The Hall–Kier alpha value is -2.05. The van der Waals surface area contributed by atoms with Crippen LogP contribution in [-0.2, 0) is 15.9 Å². The zero-order valence-electron chi connectivity index (χ0n) is 20.9. The van der Waals surface area contributed by atoms with Gasteiger partial charge >= 0.3 is 5.97 Å². The second kappa shape index (κ2) is 9.24. The Bertz CT molecular complexity index is 912. The van der Waals surface area contributed by atoms with E-state index in [1.165, 1.54) is 25.2 Å². The summed E-state index contributed by atoms with van der Waals surface area (Å²) >= 11 is 0. The van der Waals surface area contributed by atoms with E-state index in [0.717, 1.165) is 0 Å². The van der Waals surface area contributed by atoms with Gasteiger partial charge in [-0.15, -0.1) is 0 Å². The fraction of sp³-hybridized carbons (Fsp3) is 0.571. The molecule has 6 nitrogen and oxygen atoms in total. The highest BCUT2D eigenvalue weighted by molar-refractivity contribution is 5.89. The summed E-state index contributed by atoms with van der Waals surface area (Å²) in [6.45, 7) is 5.03. The van der Waals surface area contributed by atoms with E-state index in [1.54, 1.807) is 18.2 Å². The molecule has 6 heteroatoms. The number of carbonyl (C=O) groups excluding carboxylic acids is 1. The number of H-pyrrole nitrogens is 1. The summed E-state index contributed by atoms with van der Waals surface area (Å²) in [5.41, 5.74) is 6.60. The minimum absolute atomic E-state index is 0.0967. The van der Waals surface area contributed by atoms with Gasteiger partial charge in [-0.1, -0.05) is 33.8 Å². The normalized spacial score (nSPS) is 17.4. The first kappa shape index (κ1) is 16.0. The van der Waals surface area contributed by atoms with Crippen LogP contribution in [0.3, 0.4) is 0 Å². The van der Waals surface area contributed by atoms with Crippen LogP contribution < -0.4 is 10.5 Å². The number of hydrogen-bond acceptors (Lipinski definition) is 5. The summed E-state index contributed by atoms with van der Waals surface area (Å²) in [4.78, 5) is 16.6. The first-order chi connectivity index (χ1) is 14.2. The van der Waals surface area contributed by atoms with Gasteiger partial charge in [0, 0.05) is 35.0 Å². The lowest BCUT2D eigenvalue weighted by Crippen LogP contribution is -2.41. The van der Waals surface area contributed by atoms with Gasteiger partial charge in [0.05, 0.1) is 0 Å². The van der Waals surface area contributed by atoms with Gasteiger partial charge in [-0.2, -0.15) is 0 Å². The number of nitrogens with zero attached hydrogens (tertiary/aromatic N) is 1. The standard InChI is InChI=1S/C21H33N3O3/c1-13(2)19(22)20(25)27-21(14(3)4)26-17-9-7-8-16-18(17)15(12-23-16)10-11-24(5)6/h7-9,12-14,19,21,23H,10-11,22H2,1-6H3/t19-,21?/m0/s1/i10D2,11D2. The Morgan fingerprint density at radius 1 is 1.26 bits per heavy atom. The number of hydrogen-bond donors (Lipinski definition) is 2. The second-order valence-corrected chi connectivity index (χ2v) is 7.45. The second-order valence-electron chi connectivity index (χ2n) is 7.45. The van der Waals surface area contributed by atoms with Crippen molar-refractivity contribution < 1.29 is 19.8 Å². The van der Waals surface area contributed by atoms with Gasteiger partial charge < -0.3 is 25.1 Å². The minimum atomic E-state index is -2.36. The Balaban J connectivity index is 2.49. The molecule has 3 N–H and O–H groups in total. The van der Waals surface area contributed by atoms with Crippen LogP contribution in [0.2, 0.25) is 0 Å². The van der Waals surface area contributed by atoms with Crippen molar-refractivity contribution in [2.45, 2.75) is 46.4 Å². The zero-order valence-corrected chi connectivity index (χ0v) is 16.9. The molecular formula is C21H33N3O3. The summed E-state index contributed by atoms with van der Waals surface area (Å²) in [6.07, 6.45) is -1.86. The molecule has 150 valence electrons. The van der Waals surface area contributed by atoms with Crippen LogP contribution in [0, 0.1) is 11.8 Å². The molecular weight excluding hydrogens is 342 g/mol. The summed E-state index contributed by atoms with van der Waals surface area (Å²) in [7, 11) is 2.96. The van der Waals surface area contributed by atoms with E-state index < -0.39 is 31.2 Å². The van der Waals surface area contributed by atoms with Crippen molar-refractivity contribution in [2.75, 3.05) is 20.6 Å². The Kier molecular flexibility index (Phi) is 5.46. The lowest BCUT2D eigenvalue weighted by Gasteiger charge is -2.25. The number of esters is 1. The Labute approximate surface area is 167 Å². The van der Waals surface area contributed by atoms with Gasteiger partial charge in [-0.3, -0.25) is 4.79 Å². The van der Waals surface area contributed by atoms with Gasteiger partial charge in [0.15, 0.2) is 0 Å².